The fraction of sp³-hybridized carbons (Fsp3) is 0.190. The Bertz CT molecular complexity index is 1090. The first kappa shape index (κ1) is 23.6. The van der Waals surface area contributed by atoms with Crippen molar-refractivity contribution in [3.63, 3.8) is 0 Å². The van der Waals surface area contributed by atoms with Crippen molar-refractivity contribution in [2.75, 3.05) is 7.11 Å². The largest absolute Gasteiger partial charge is 0.493 e. The minimum absolute atomic E-state index is 0.205. The van der Waals surface area contributed by atoms with Crippen molar-refractivity contribution in [2.45, 2.75) is 19.6 Å². The van der Waals surface area contributed by atoms with Crippen LogP contribution in [-0.2, 0) is 16.2 Å². The first-order chi connectivity index (χ1) is 14.7. The van der Waals surface area contributed by atoms with Crippen LogP contribution in [0.25, 0.3) is 6.08 Å². The number of rotatable bonds is 7. The lowest BCUT2D eigenvalue weighted by Gasteiger charge is -2.18. The van der Waals surface area contributed by atoms with Gasteiger partial charge in [0.1, 0.15) is 17.0 Å². The lowest BCUT2D eigenvalue weighted by atomic mass is 10.1. The first-order valence-corrected chi connectivity index (χ1v) is 11.4. The molecule has 1 atom stereocenters. The second-order valence-electron chi connectivity index (χ2n) is 6.48. The molecule has 1 aliphatic rings. The highest BCUT2D eigenvalue weighted by atomic mass is 79.9. The van der Waals surface area contributed by atoms with Crippen molar-refractivity contribution in [3.05, 3.63) is 61.9 Å². The molecule has 0 bridgehead atoms. The number of methoxy groups -OCH3 is 1. The zero-order chi connectivity index (χ0) is 22.7. The second kappa shape index (κ2) is 10.0. The number of ether oxygens (including phenoxy) is 2. The quantitative estimate of drug-likeness (QED) is 0.373. The maximum absolute atomic E-state index is 12.7. The first-order valence-electron chi connectivity index (χ1n) is 8.96. The molecule has 162 valence electrons. The molecule has 10 heteroatoms. The highest BCUT2D eigenvalue weighted by Crippen LogP contribution is 2.40. The Kier molecular flexibility index (Phi) is 7.64. The molecule has 1 N–H and O–H groups in total. The van der Waals surface area contributed by atoms with E-state index in [-0.39, 0.29) is 10.9 Å². The van der Waals surface area contributed by atoms with E-state index in [0.29, 0.717) is 31.5 Å². The molecule has 1 fully saturated rings. The van der Waals surface area contributed by atoms with Crippen LogP contribution in [0.5, 0.6) is 11.5 Å². The maximum atomic E-state index is 12.7. The Labute approximate surface area is 202 Å². The van der Waals surface area contributed by atoms with Crippen LogP contribution in [-0.4, -0.2) is 39.4 Å². The predicted molar refractivity (Wildman–Crippen MR) is 129 cm³/mol. The summed E-state index contributed by atoms with van der Waals surface area (Å²) in [4.78, 5) is 25.4. The third-order valence-electron chi connectivity index (χ3n) is 4.45. The normalized spacial score (nSPS) is 16.0. The molecule has 6 nitrogen and oxygen atoms in total. The van der Waals surface area contributed by atoms with E-state index in [4.69, 9.17) is 33.3 Å². The van der Waals surface area contributed by atoms with Gasteiger partial charge in [0.15, 0.2) is 11.5 Å². The number of thioether (sulfide) groups is 1. The van der Waals surface area contributed by atoms with Gasteiger partial charge >= 0.3 is 5.97 Å². The Morgan fingerprint density at radius 3 is 2.74 bits per heavy atom. The number of amides is 1. The summed E-state index contributed by atoms with van der Waals surface area (Å²) in [6.07, 6.45) is 1.64. The van der Waals surface area contributed by atoms with Gasteiger partial charge in [0.25, 0.3) is 5.91 Å². The highest BCUT2D eigenvalue weighted by molar-refractivity contribution is 9.10. The van der Waals surface area contributed by atoms with E-state index in [2.05, 4.69) is 15.9 Å². The van der Waals surface area contributed by atoms with Crippen LogP contribution in [0, 0.1) is 0 Å². The van der Waals surface area contributed by atoms with Gasteiger partial charge in [0.05, 0.1) is 16.5 Å². The van der Waals surface area contributed by atoms with Crippen LogP contribution < -0.4 is 9.47 Å². The number of hydrogen-bond acceptors (Lipinski definition) is 6. The fourth-order valence-electron chi connectivity index (χ4n) is 2.80. The van der Waals surface area contributed by atoms with E-state index in [1.165, 1.54) is 14.0 Å². The number of benzene rings is 2. The van der Waals surface area contributed by atoms with E-state index in [1.54, 1.807) is 24.3 Å². The summed E-state index contributed by atoms with van der Waals surface area (Å²) in [6.45, 7) is 1.67. The van der Waals surface area contributed by atoms with Gasteiger partial charge in [0.2, 0.25) is 0 Å². The fourth-order valence-corrected chi connectivity index (χ4v) is 4.99. The van der Waals surface area contributed by atoms with Crippen LogP contribution >= 0.6 is 51.5 Å². The third-order valence-corrected chi connectivity index (χ3v) is 6.74. The van der Waals surface area contributed by atoms with E-state index in [0.717, 1.165) is 22.2 Å². The summed E-state index contributed by atoms with van der Waals surface area (Å²) in [6, 6.07) is 9.84. The van der Waals surface area contributed by atoms with Gasteiger partial charge < -0.3 is 14.6 Å². The van der Waals surface area contributed by atoms with Gasteiger partial charge in [-0.25, -0.2) is 4.79 Å². The Hall–Kier alpha value is -2.07. The number of carbonyl (C=O) groups excluding carboxylic acids is 1. The van der Waals surface area contributed by atoms with Gasteiger partial charge in [-0.2, -0.15) is 0 Å². The summed E-state index contributed by atoms with van der Waals surface area (Å²) in [5.41, 5.74) is 1.50. The second-order valence-corrected chi connectivity index (χ2v) is 9.42. The SMILES string of the molecule is COc1cc(C=C2SC(=S)N(C(C)C(=O)O)C2=O)cc(Br)c1OCc1ccccc1Cl. The molecule has 0 saturated carbocycles. The van der Waals surface area contributed by atoms with E-state index >= 15 is 0 Å². The van der Waals surface area contributed by atoms with Crippen LogP contribution in [0.4, 0.5) is 0 Å². The van der Waals surface area contributed by atoms with Crippen molar-refractivity contribution >= 4 is 73.8 Å². The van der Waals surface area contributed by atoms with Gasteiger partial charge in [-0.1, -0.05) is 53.8 Å². The number of aliphatic carboxylic acids is 1. The summed E-state index contributed by atoms with van der Waals surface area (Å²) in [5, 5.41) is 9.82. The number of carbonyl (C=O) groups is 2. The van der Waals surface area contributed by atoms with Gasteiger partial charge in [-0.15, -0.1) is 0 Å². The molecule has 0 aromatic heterocycles. The Morgan fingerprint density at radius 2 is 2.10 bits per heavy atom. The van der Waals surface area contributed by atoms with E-state index < -0.39 is 17.9 Å². The van der Waals surface area contributed by atoms with Crippen LogP contribution in [0.15, 0.2) is 45.8 Å². The highest BCUT2D eigenvalue weighted by Gasteiger charge is 2.38. The Balaban J connectivity index is 1.86. The summed E-state index contributed by atoms with van der Waals surface area (Å²) in [7, 11) is 1.52. The van der Waals surface area contributed by atoms with Gasteiger partial charge in [0, 0.05) is 10.6 Å². The molecule has 2 aromatic rings. The van der Waals surface area contributed by atoms with E-state index in [1.807, 2.05) is 18.2 Å². The van der Waals surface area contributed by atoms with E-state index in [9.17, 15) is 14.7 Å². The summed E-state index contributed by atoms with van der Waals surface area (Å²) < 4.78 is 12.2. The molecular formula is C21H17BrClNO5S2. The number of carboxylic acids is 1. The lowest BCUT2D eigenvalue weighted by Crippen LogP contribution is -2.41. The average molecular weight is 543 g/mol. The number of hydrogen-bond donors (Lipinski definition) is 1. The molecule has 0 aliphatic carbocycles. The predicted octanol–water partition coefficient (Wildman–Crippen LogP) is 5.36. The van der Waals surface area contributed by atoms with Crippen LogP contribution in [0.3, 0.4) is 0 Å². The monoisotopic (exact) mass is 541 g/mol. The van der Waals surface area contributed by atoms with Crippen molar-refractivity contribution in [2.24, 2.45) is 0 Å². The zero-order valence-corrected chi connectivity index (χ0v) is 20.4. The molecule has 1 heterocycles. The molecule has 31 heavy (non-hydrogen) atoms. The smallest absolute Gasteiger partial charge is 0.326 e. The molecule has 2 aromatic carbocycles. The summed E-state index contributed by atoms with van der Waals surface area (Å²) in [5.74, 6) is -0.616. The standard InChI is InChI=1S/C21H17BrClNO5S2/c1-11(20(26)27)24-19(25)17(31-21(24)30)9-12-7-14(22)18(16(8-12)28-2)29-10-13-5-3-4-6-15(13)23/h3-9,11H,10H2,1-2H3,(H,26,27). The molecule has 3 rings (SSSR count). The minimum Gasteiger partial charge on any atom is -0.493 e. The van der Waals surface area contributed by atoms with Gasteiger partial charge in [-0.05, 0) is 52.7 Å². The number of thiocarbonyl (C=S) groups is 1. The topological polar surface area (TPSA) is 76.1 Å². The van der Waals surface area contributed by atoms with Crippen molar-refractivity contribution in [1.29, 1.82) is 0 Å². The molecule has 1 saturated heterocycles. The maximum Gasteiger partial charge on any atom is 0.326 e. The average Bonchev–Trinajstić information content (AvgIpc) is 3.00. The van der Waals surface area contributed by atoms with Crippen molar-refractivity contribution in [1.82, 2.24) is 4.90 Å². The molecule has 0 spiro atoms. The van der Waals surface area contributed by atoms with Crippen LogP contribution in [0.1, 0.15) is 18.1 Å². The molecule has 1 amide bonds. The summed E-state index contributed by atoms with van der Waals surface area (Å²) >= 11 is 15.9. The number of carboxylic acid groups (broad SMARTS) is 1. The third kappa shape index (κ3) is 5.23. The zero-order valence-electron chi connectivity index (χ0n) is 16.4. The Morgan fingerprint density at radius 1 is 1.39 bits per heavy atom. The van der Waals surface area contributed by atoms with Crippen molar-refractivity contribution in [3.8, 4) is 11.5 Å². The van der Waals surface area contributed by atoms with Gasteiger partial charge in [-0.3, -0.25) is 9.69 Å². The molecule has 1 aliphatic heterocycles. The number of nitrogens with zero attached hydrogens (tertiary/aromatic N) is 1. The molecule has 0 radical (unpaired) electrons. The van der Waals surface area contributed by atoms with Crippen LogP contribution in [0.2, 0.25) is 5.02 Å². The number of halogens is 2. The van der Waals surface area contributed by atoms with Crippen molar-refractivity contribution < 1.29 is 24.2 Å². The minimum atomic E-state index is -1.12. The molecule has 1 unspecified atom stereocenters. The molecular weight excluding hydrogens is 526 g/mol. The lowest BCUT2D eigenvalue weighted by molar-refractivity contribution is -0.144.